The number of ether oxygens (including phenoxy) is 1. The van der Waals surface area contributed by atoms with Crippen LogP contribution in [0.1, 0.15) is 81.1 Å². The monoisotopic (exact) mass is 334 g/mol. The summed E-state index contributed by atoms with van der Waals surface area (Å²) in [6.45, 7) is 0. The molecule has 2 rings (SSSR count). The molecule has 0 unspecified atom stereocenters. The topological polar surface area (TPSA) is 71.5 Å². The van der Waals surface area contributed by atoms with E-state index in [9.17, 15) is 9.90 Å². The van der Waals surface area contributed by atoms with Crippen LogP contribution in [0.4, 0.5) is 0 Å². The van der Waals surface area contributed by atoms with Crippen LogP contribution in [0.3, 0.4) is 0 Å². The molecule has 1 saturated carbocycles. The first-order valence-electron chi connectivity index (χ1n) is 9.25. The molecule has 1 aromatic rings. The lowest BCUT2D eigenvalue weighted by Gasteiger charge is -2.19. The Kier molecular flexibility index (Phi) is 7.86. The molecule has 5 heteroatoms. The van der Waals surface area contributed by atoms with E-state index in [0.29, 0.717) is 0 Å². The molecule has 0 spiro atoms. The summed E-state index contributed by atoms with van der Waals surface area (Å²) in [6, 6.07) is 1.70. The van der Waals surface area contributed by atoms with Crippen LogP contribution in [0.2, 0.25) is 0 Å². The normalized spacial score (nSPS) is 18.2. The van der Waals surface area contributed by atoms with Crippen LogP contribution < -0.4 is 10.1 Å². The Hall–Kier alpha value is -1.78. The van der Waals surface area contributed by atoms with E-state index in [0.717, 1.165) is 25.7 Å². The second-order valence-corrected chi connectivity index (χ2v) is 6.64. The highest BCUT2D eigenvalue weighted by molar-refractivity contribution is 5.95. The molecule has 0 atom stereocenters. The molecule has 0 radical (unpaired) electrons. The Bertz CT molecular complexity index is 507. The van der Waals surface area contributed by atoms with Gasteiger partial charge < -0.3 is 15.2 Å². The number of hydrogen-bond donors (Lipinski definition) is 2. The van der Waals surface area contributed by atoms with Gasteiger partial charge in [-0.15, -0.1) is 0 Å². The van der Waals surface area contributed by atoms with Crippen molar-refractivity contribution in [1.29, 1.82) is 0 Å². The minimum Gasteiger partial charge on any atom is -0.503 e. The van der Waals surface area contributed by atoms with Crippen molar-refractivity contribution in [1.82, 2.24) is 10.3 Å². The van der Waals surface area contributed by atoms with Crippen molar-refractivity contribution in [3.05, 3.63) is 18.0 Å². The first kappa shape index (κ1) is 18.6. The van der Waals surface area contributed by atoms with E-state index < -0.39 is 0 Å². The fourth-order valence-electron chi connectivity index (χ4n) is 3.33. The van der Waals surface area contributed by atoms with Gasteiger partial charge in [-0.05, 0) is 12.8 Å². The second kappa shape index (κ2) is 10.2. The average Bonchev–Trinajstić information content (AvgIpc) is 2.57. The van der Waals surface area contributed by atoms with Crippen molar-refractivity contribution in [2.75, 3.05) is 7.11 Å². The van der Waals surface area contributed by atoms with Crippen molar-refractivity contribution in [3.8, 4) is 11.5 Å². The van der Waals surface area contributed by atoms with Crippen LogP contribution in [0, 0.1) is 0 Å². The summed E-state index contributed by atoms with van der Waals surface area (Å²) in [5.74, 6) is -0.233. The van der Waals surface area contributed by atoms with Gasteiger partial charge in [0.2, 0.25) is 0 Å². The number of carbonyl (C=O) groups is 1. The van der Waals surface area contributed by atoms with Crippen LogP contribution in [0.15, 0.2) is 12.3 Å². The molecule has 1 heterocycles. The number of nitrogens with zero attached hydrogens (tertiary/aromatic N) is 1. The third-order valence-corrected chi connectivity index (χ3v) is 4.76. The lowest BCUT2D eigenvalue weighted by molar-refractivity contribution is 0.0922. The molecule has 134 valence electrons. The molecule has 5 nitrogen and oxygen atoms in total. The van der Waals surface area contributed by atoms with Gasteiger partial charge in [0, 0.05) is 18.3 Å². The number of hydrogen-bond acceptors (Lipinski definition) is 4. The van der Waals surface area contributed by atoms with E-state index in [1.165, 1.54) is 58.3 Å². The number of methoxy groups -OCH3 is 1. The Balaban J connectivity index is 1.96. The standard InChI is InChI=1S/C19H30N2O3/c1-24-16-13-14-20-17(18(16)22)19(23)21-15-11-9-7-5-3-2-4-6-8-10-12-15/h13-15,22H,2-12H2,1H3,(H,21,23). The fraction of sp³-hybridized carbons (Fsp3) is 0.684. The summed E-state index contributed by atoms with van der Waals surface area (Å²) >= 11 is 0. The predicted octanol–water partition coefficient (Wildman–Crippen LogP) is 4.20. The Morgan fingerprint density at radius 2 is 1.62 bits per heavy atom. The fourth-order valence-corrected chi connectivity index (χ4v) is 3.33. The lowest BCUT2D eigenvalue weighted by atomic mass is 9.98. The van der Waals surface area contributed by atoms with Gasteiger partial charge in [-0.25, -0.2) is 4.98 Å². The summed E-state index contributed by atoms with van der Waals surface area (Å²) in [4.78, 5) is 16.5. The van der Waals surface area contributed by atoms with Crippen LogP contribution in [0.5, 0.6) is 11.5 Å². The zero-order chi connectivity index (χ0) is 17.2. The molecule has 0 bridgehead atoms. The number of aromatic hydroxyl groups is 1. The minimum absolute atomic E-state index is 0.0421. The van der Waals surface area contributed by atoms with Crippen LogP contribution in [-0.4, -0.2) is 29.1 Å². The zero-order valence-electron chi connectivity index (χ0n) is 14.7. The quantitative estimate of drug-likeness (QED) is 0.869. The van der Waals surface area contributed by atoms with E-state index >= 15 is 0 Å². The van der Waals surface area contributed by atoms with Crippen LogP contribution in [0.25, 0.3) is 0 Å². The molecule has 1 aliphatic rings. The summed E-state index contributed by atoms with van der Waals surface area (Å²) in [5, 5.41) is 13.2. The van der Waals surface area contributed by atoms with Crippen molar-refractivity contribution in [2.24, 2.45) is 0 Å². The maximum atomic E-state index is 12.5. The molecule has 24 heavy (non-hydrogen) atoms. The molecular weight excluding hydrogens is 304 g/mol. The molecule has 1 amide bonds. The third-order valence-electron chi connectivity index (χ3n) is 4.76. The van der Waals surface area contributed by atoms with Gasteiger partial charge in [0.25, 0.3) is 5.91 Å². The van der Waals surface area contributed by atoms with Crippen LogP contribution in [-0.2, 0) is 0 Å². The Morgan fingerprint density at radius 3 is 2.17 bits per heavy atom. The molecular formula is C19H30N2O3. The second-order valence-electron chi connectivity index (χ2n) is 6.64. The Morgan fingerprint density at radius 1 is 1.08 bits per heavy atom. The van der Waals surface area contributed by atoms with E-state index in [2.05, 4.69) is 10.3 Å². The molecule has 1 fully saturated rings. The summed E-state index contributed by atoms with van der Waals surface area (Å²) < 4.78 is 5.05. The molecule has 1 aromatic heterocycles. The lowest BCUT2D eigenvalue weighted by Crippen LogP contribution is -2.35. The highest BCUT2D eigenvalue weighted by Crippen LogP contribution is 2.27. The van der Waals surface area contributed by atoms with E-state index in [1.807, 2.05) is 0 Å². The number of nitrogens with one attached hydrogen (secondary N) is 1. The maximum absolute atomic E-state index is 12.5. The van der Waals surface area contributed by atoms with Crippen molar-refractivity contribution in [2.45, 2.75) is 76.7 Å². The number of aromatic nitrogens is 1. The van der Waals surface area contributed by atoms with Crippen molar-refractivity contribution < 1.29 is 14.6 Å². The van der Waals surface area contributed by atoms with Gasteiger partial charge in [-0.3, -0.25) is 4.79 Å². The first-order valence-corrected chi connectivity index (χ1v) is 9.25. The van der Waals surface area contributed by atoms with E-state index in [4.69, 9.17) is 4.74 Å². The van der Waals surface area contributed by atoms with Gasteiger partial charge >= 0.3 is 0 Å². The summed E-state index contributed by atoms with van der Waals surface area (Å²) in [5.41, 5.74) is 0.0421. The van der Waals surface area contributed by atoms with E-state index in [1.54, 1.807) is 6.07 Å². The highest BCUT2D eigenvalue weighted by Gasteiger charge is 2.20. The van der Waals surface area contributed by atoms with Crippen LogP contribution >= 0.6 is 0 Å². The molecule has 2 N–H and O–H groups in total. The number of pyridine rings is 1. The van der Waals surface area contributed by atoms with Gasteiger partial charge in [-0.2, -0.15) is 0 Å². The molecule has 1 aliphatic carbocycles. The zero-order valence-corrected chi connectivity index (χ0v) is 14.7. The SMILES string of the molecule is COc1ccnc(C(=O)NC2CCCCCCCCCCC2)c1O. The minimum atomic E-state index is -0.316. The number of amides is 1. The van der Waals surface area contributed by atoms with E-state index in [-0.39, 0.29) is 29.1 Å². The van der Waals surface area contributed by atoms with Gasteiger partial charge in [-0.1, -0.05) is 57.8 Å². The molecule has 0 aliphatic heterocycles. The van der Waals surface area contributed by atoms with Gasteiger partial charge in [0.15, 0.2) is 17.2 Å². The highest BCUT2D eigenvalue weighted by atomic mass is 16.5. The first-order chi connectivity index (χ1) is 11.7. The molecule has 0 aromatic carbocycles. The Labute approximate surface area is 144 Å². The smallest absolute Gasteiger partial charge is 0.274 e. The maximum Gasteiger partial charge on any atom is 0.274 e. The summed E-state index contributed by atoms with van der Waals surface area (Å²) in [6.07, 6.45) is 14.8. The number of carbonyl (C=O) groups excluding carboxylic acids is 1. The van der Waals surface area contributed by atoms with Gasteiger partial charge in [0.1, 0.15) is 0 Å². The number of rotatable bonds is 3. The average molecular weight is 334 g/mol. The van der Waals surface area contributed by atoms with Crippen molar-refractivity contribution >= 4 is 5.91 Å². The third kappa shape index (κ3) is 5.69. The van der Waals surface area contributed by atoms with Gasteiger partial charge in [0.05, 0.1) is 7.11 Å². The largest absolute Gasteiger partial charge is 0.503 e. The molecule has 0 saturated heterocycles. The van der Waals surface area contributed by atoms with Crippen molar-refractivity contribution in [3.63, 3.8) is 0 Å². The predicted molar refractivity (Wildman–Crippen MR) is 94.5 cm³/mol. The summed E-state index contributed by atoms with van der Waals surface area (Å²) in [7, 11) is 1.46.